The fourth-order valence-corrected chi connectivity index (χ4v) is 1.27. The molecule has 0 heterocycles. The first-order valence-electron chi connectivity index (χ1n) is 5.80. The SMILES string of the molecule is CCC[C@@H](N)C(=O)NCCC(=O)NC(C)C. The molecule has 0 aromatic carbocycles. The van der Waals surface area contributed by atoms with Crippen molar-refractivity contribution in [3.8, 4) is 0 Å². The molecule has 0 aromatic heterocycles. The molecule has 5 nitrogen and oxygen atoms in total. The lowest BCUT2D eigenvalue weighted by molar-refractivity contribution is -0.123. The molecular weight excluding hydrogens is 206 g/mol. The van der Waals surface area contributed by atoms with Crippen molar-refractivity contribution in [2.45, 2.75) is 52.1 Å². The molecule has 0 spiro atoms. The van der Waals surface area contributed by atoms with Gasteiger partial charge in [-0.3, -0.25) is 9.59 Å². The van der Waals surface area contributed by atoms with E-state index in [1.165, 1.54) is 0 Å². The van der Waals surface area contributed by atoms with Gasteiger partial charge in [-0.1, -0.05) is 13.3 Å². The molecule has 0 aliphatic heterocycles. The maximum atomic E-state index is 11.4. The van der Waals surface area contributed by atoms with Gasteiger partial charge in [-0.05, 0) is 20.3 Å². The average molecular weight is 229 g/mol. The highest BCUT2D eigenvalue weighted by Gasteiger charge is 2.11. The van der Waals surface area contributed by atoms with Crippen LogP contribution in [0.15, 0.2) is 0 Å². The van der Waals surface area contributed by atoms with Gasteiger partial charge < -0.3 is 16.4 Å². The number of carbonyl (C=O) groups is 2. The van der Waals surface area contributed by atoms with E-state index >= 15 is 0 Å². The van der Waals surface area contributed by atoms with Crippen molar-refractivity contribution in [1.82, 2.24) is 10.6 Å². The first kappa shape index (κ1) is 14.9. The monoisotopic (exact) mass is 229 g/mol. The Morgan fingerprint density at radius 3 is 2.44 bits per heavy atom. The van der Waals surface area contributed by atoms with Crippen molar-refractivity contribution in [3.05, 3.63) is 0 Å². The van der Waals surface area contributed by atoms with Crippen molar-refractivity contribution in [3.63, 3.8) is 0 Å². The lowest BCUT2D eigenvalue weighted by atomic mass is 10.1. The molecule has 0 radical (unpaired) electrons. The van der Waals surface area contributed by atoms with Crippen LogP contribution in [0.4, 0.5) is 0 Å². The number of hydrogen-bond acceptors (Lipinski definition) is 3. The van der Waals surface area contributed by atoms with Crippen molar-refractivity contribution >= 4 is 11.8 Å². The summed E-state index contributed by atoms with van der Waals surface area (Å²) < 4.78 is 0. The summed E-state index contributed by atoms with van der Waals surface area (Å²) in [6.07, 6.45) is 1.84. The molecule has 16 heavy (non-hydrogen) atoms. The fraction of sp³-hybridized carbons (Fsp3) is 0.818. The predicted octanol–water partition coefficient (Wildman–Crippen LogP) is 0.145. The summed E-state index contributed by atoms with van der Waals surface area (Å²) in [5.41, 5.74) is 5.61. The van der Waals surface area contributed by atoms with Crippen molar-refractivity contribution in [2.75, 3.05) is 6.54 Å². The third-order valence-corrected chi connectivity index (χ3v) is 2.04. The van der Waals surface area contributed by atoms with Gasteiger partial charge in [0.2, 0.25) is 11.8 Å². The van der Waals surface area contributed by atoms with Crippen molar-refractivity contribution < 1.29 is 9.59 Å². The number of hydrogen-bond donors (Lipinski definition) is 3. The first-order valence-corrected chi connectivity index (χ1v) is 5.80. The highest BCUT2D eigenvalue weighted by Crippen LogP contribution is 1.92. The van der Waals surface area contributed by atoms with E-state index in [1.54, 1.807) is 0 Å². The molecule has 0 aromatic rings. The second-order valence-electron chi connectivity index (χ2n) is 4.16. The Kier molecular flexibility index (Phi) is 7.54. The number of nitrogens with one attached hydrogen (secondary N) is 2. The van der Waals surface area contributed by atoms with Crippen LogP contribution in [0.2, 0.25) is 0 Å². The molecule has 94 valence electrons. The second kappa shape index (κ2) is 8.10. The zero-order valence-corrected chi connectivity index (χ0v) is 10.4. The fourth-order valence-electron chi connectivity index (χ4n) is 1.27. The van der Waals surface area contributed by atoms with E-state index in [1.807, 2.05) is 20.8 Å². The zero-order chi connectivity index (χ0) is 12.6. The molecule has 0 aliphatic rings. The van der Waals surface area contributed by atoms with E-state index in [-0.39, 0.29) is 17.9 Å². The van der Waals surface area contributed by atoms with Crippen LogP contribution in [-0.4, -0.2) is 30.4 Å². The Bertz CT molecular complexity index is 229. The van der Waals surface area contributed by atoms with Crippen LogP contribution in [0.5, 0.6) is 0 Å². The van der Waals surface area contributed by atoms with Crippen LogP contribution in [0.1, 0.15) is 40.0 Å². The lowest BCUT2D eigenvalue weighted by Gasteiger charge is -2.12. The lowest BCUT2D eigenvalue weighted by Crippen LogP contribution is -2.42. The topological polar surface area (TPSA) is 84.2 Å². The second-order valence-corrected chi connectivity index (χ2v) is 4.16. The van der Waals surface area contributed by atoms with Gasteiger partial charge in [0.1, 0.15) is 0 Å². The molecule has 0 aliphatic carbocycles. The third-order valence-electron chi connectivity index (χ3n) is 2.04. The number of rotatable bonds is 7. The maximum Gasteiger partial charge on any atom is 0.236 e. The van der Waals surface area contributed by atoms with Crippen LogP contribution in [0.25, 0.3) is 0 Å². The minimum Gasteiger partial charge on any atom is -0.354 e. The van der Waals surface area contributed by atoms with Gasteiger partial charge in [-0.15, -0.1) is 0 Å². The maximum absolute atomic E-state index is 11.4. The minimum atomic E-state index is -0.460. The predicted molar refractivity (Wildman–Crippen MR) is 63.8 cm³/mol. The Hall–Kier alpha value is -1.10. The van der Waals surface area contributed by atoms with Crippen LogP contribution < -0.4 is 16.4 Å². The standard InChI is InChI=1S/C11H23N3O2/c1-4-5-9(12)11(16)13-7-6-10(15)14-8(2)3/h8-9H,4-7,12H2,1-3H3,(H,13,16)(H,14,15)/t9-/m1/s1. The molecule has 0 saturated carbocycles. The van der Waals surface area contributed by atoms with Crippen LogP contribution in [0, 0.1) is 0 Å². The summed E-state index contributed by atoms with van der Waals surface area (Å²) in [4.78, 5) is 22.6. The van der Waals surface area contributed by atoms with Crippen molar-refractivity contribution in [2.24, 2.45) is 5.73 Å². The number of carbonyl (C=O) groups excluding carboxylic acids is 2. The molecule has 2 amide bonds. The van der Waals surface area contributed by atoms with Gasteiger partial charge in [0, 0.05) is 19.0 Å². The Morgan fingerprint density at radius 2 is 1.94 bits per heavy atom. The van der Waals surface area contributed by atoms with E-state index in [0.717, 1.165) is 6.42 Å². The minimum absolute atomic E-state index is 0.0561. The number of amides is 2. The van der Waals surface area contributed by atoms with Crippen LogP contribution in [0.3, 0.4) is 0 Å². The molecule has 5 heteroatoms. The molecule has 4 N–H and O–H groups in total. The van der Waals surface area contributed by atoms with Gasteiger partial charge in [0.25, 0.3) is 0 Å². The molecule has 0 fully saturated rings. The van der Waals surface area contributed by atoms with Gasteiger partial charge >= 0.3 is 0 Å². The molecular formula is C11H23N3O2. The molecule has 0 unspecified atom stereocenters. The largest absolute Gasteiger partial charge is 0.354 e. The zero-order valence-electron chi connectivity index (χ0n) is 10.4. The normalized spacial score (nSPS) is 12.3. The summed E-state index contributed by atoms with van der Waals surface area (Å²) in [6, 6.07) is -0.330. The van der Waals surface area contributed by atoms with E-state index in [9.17, 15) is 9.59 Å². The molecule has 0 saturated heterocycles. The molecule has 0 rings (SSSR count). The van der Waals surface area contributed by atoms with E-state index < -0.39 is 6.04 Å². The molecule has 1 atom stereocenters. The van der Waals surface area contributed by atoms with Crippen LogP contribution in [-0.2, 0) is 9.59 Å². The quantitative estimate of drug-likeness (QED) is 0.581. The summed E-state index contributed by atoms with van der Waals surface area (Å²) in [5.74, 6) is -0.237. The van der Waals surface area contributed by atoms with E-state index in [4.69, 9.17) is 5.73 Å². The Labute approximate surface area is 97.2 Å². The summed E-state index contributed by atoms with van der Waals surface area (Å²) in [5, 5.41) is 5.40. The van der Waals surface area contributed by atoms with Gasteiger partial charge in [0.05, 0.1) is 6.04 Å². The van der Waals surface area contributed by atoms with E-state index in [2.05, 4.69) is 10.6 Å². The highest BCUT2D eigenvalue weighted by atomic mass is 16.2. The summed E-state index contributed by atoms with van der Waals surface area (Å²) in [7, 11) is 0. The number of nitrogens with two attached hydrogens (primary N) is 1. The highest BCUT2D eigenvalue weighted by molar-refractivity contribution is 5.82. The van der Waals surface area contributed by atoms with Gasteiger partial charge in [-0.25, -0.2) is 0 Å². The van der Waals surface area contributed by atoms with Gasteiger partial charge in [0.15, 0.2) is 0 Å². The summed E-state index contributed by atoms with van der Waals surface area (Å²) in [6.45, 7) is 6.11. The van der Waals surface area contributed by atoms with Crippen LogP contribution >= 0.6 is 0 Å². The Balaban J connectivity index is 3.65. The Morgan fingerprint density at radius 1 is 1.31 bits per heavy atom. The average Bonchev–Trinajstić information content (AvgIpc) is 2.16. The van der Waals surface area contributed by atoms with Gasteiger partial charge in [-0.2, -0.15) is 0 Å². The molecule has 0 bridgehead atoms. The van der Waals surface area contributed by atoms with Crippen molar-refractivity contribution in [1.29, 1.82) is 0 Å². The smallest absolute Gasteiger partial charge is 0.236 e. The first-order chi connectivity index (χ1) is 7.47. The third kappa shape index (κ3) is 7.23. The van der Waals surface area contributed by atoms with E-state index in [0.29, 0.717) is 19.4 Å². The summed E-state index contributed by atoms with van der Waals surface area (Å²) >= 11 is 0.